The van der Waals surface area contributed by atoms with Crippen LogP contribution in [0.15, 0.2) is 30.3 Å². The third-order valence-corrected chi connectivity index (χ3v) is 3.71. The molecule has 0 aromatic heterocycles. The van der Waals surface area contributed by atoms with Crippen molar-refractivity contribution in [3.05, 3.63) is 30.3 Å². The summed E-state index contributed by atoms with van der Waals surface area (Å²) < 4.78 is 0. The van der Waals surface area contributed by atoms with E-state index in [1.807, 2.05) is 0 Å². The van der Waals surface area contributed by atoms with Crippen molar-refractivity contribution in [3.8, 4) is 0 Å². The van der Waals surface area contributed by atoms with Gasteiger partial charge in [-0.05, 0) is 0 Å². The van der Waals surface area contributed by atoms with Crippen molar-refractivity contribution in [3.63, 3.8) is 0 Å². The minimum absolute atomic E-state index is 0. The van der Waals surface area contributed by atoms with Crippen molar-refractivity contribution in [2.24, 2.45) is 0 Å². The lowest BCUT2D eigenvalue weighted by Gasteiger charge is -2.15. The quantitative estimate of drug-likeness (QED) is 0.583. The monoisotopic (exact) mass is 182 g/mol. The molecule has 12 heavy (non-hydrogen) atoms. The lowest BCUT2D eigenvalue weighted by molar-refractivity contribution is 1.68. The van der Waals surface area contributed by atoms with Crippen LogP contribution in [-0.4, -0.2) is 8.07 Å². The van der Waals surface area contributed by atoms with Crippen LogP contribution in [0.5, 0.6) is 0 Å². The van der Waals surface area contributed by atoms with Gasteiger partial charge in [0.1, 0.15) is 0 Å². The average molecular weight is 182 g/mol. The number of hydrogen-bond acceptors (Lipinski definition) is 0. The molecule has 0 nitrogen and oxygen atoms in total. The van der Waals surface area contributed by atoms with E-state index in [1.54, 1.807) is 0 Å². The van der Waals surface area contributed by atoms with Crippen LogP contribution in [0.1, 0.15) is 14.9 Å². The van der Waals surface area contributed by atoms with Gasteiger partial charge in [-0.1, -0.05) is 70.0 Å². The zero-order valence-corrected chi connectivity index (χ0v) is 7.89. The molecule has 0 fully saturated rings. The third-order valence-electron chi connectivity index (χ3n) is 1.64. The molecule has 1 aromatic carbocycles. The molecule has 1 aromatic rings. The Bertz CT molecular complexity index is 196. The molecule has 0 aliphatic carbocycles. The summed E-state index contributed by atoms with van der Waals surface area (Å²) in [5.41, 5.74) is 0. The molecule has 0 radical (unpaired) electrons. The fraction of sp³-hybridized carbons (Fsp3) is 0.455. The Hall–Kier alpha value is -0.563. The zero-order chi connectivity index (χ0) is 7.61. The van der Waals surface area contributed by atoms with E-state index in [9.17, 15) is 0 Å². The molecule has 0 N–H and O–H groups in total. The maximum atomic E-state index is 2.36. The van der Waals surface area contributed by atoms with Crippen LogP contribution < -0.4 is 5.19 Å². The maximum Gasteiger partial charge on any atom is 0.0775 e. The van der Waals surface area contributed by atoms with E-state index < -0.39 is 8.07 Å². The van der Waals surface area contributed by atoms with E-state index in [4.69, 9.17) is 0 Å². The van der Waals surface area contributed by atoms with Crippen LogP contribution in [0.4, 0.5) is 0 Å². The Kier molecular flexibility index (Phi) is 6.00. The summed E-state index contributed by atoms with van der Waals surface area (Å²) in [6.07, 6.45) is 0. The summed E-state index contributed by atoms with van der Waals surface area (Å²) in [4.78, 5) is 0. The summed E-state index contributed by atoms with van der Waals surface area (Å²) >= 11 is 0. The summed E-state index contributed by atoms with van der Waals surface area (Å²) in [6.45, 7) is 7.09. The third kappa shape index (κ3) is 3.72. The average Bonchev–Trinajstić information content (AvgIpc) is 1.88. The lowest BCUT2D eigenvalue weighted by Crippen LogP contribution is -2.37. The number of benzene rings is 1. The minimum Gasteiger partial charge on any atom is -0.0776 e. The van der Waals surface area contributed by atoms with Gasteiger partial charge in [-0.15, -0.1) is 0 Å². The van der Waals surface area contributed by atoms with Crippen molar-refractivity contribution in [2.45, 2.75) is 34.5 Å². The summed E-state index contributed by atoms with van der Waals surface area (Å²) in [6, 6.07) is 10.8. The lowest BCUT2D eigenvalue weighted by atomic mass is 10.4. The SMILES string of the molecule is C.C.C[Si](C)(C)c1ccccc1. The van der Waals surface area contributed by atoms with Crippen molar-refractivity contribution in [2.75, 3.05) is 0 Å². The van der Waals surface area contributed by atoms with Gasteiger partial charge in [0, 0.05) is 0 Å². The first-order valence-electron chi connectivity index (χ1n) is 3.66. The van der Waals surface area contributed by atoms with Crippen LogP contribution >= 0.6 is 0 Å². The fourth-order valence-corrected chi connectivity index (χ4v) is 2.13. The Morgan fingerprint density at radius 1 is 0.833 bits per heavy atom. The zero-order valence-electron chi connectivity index (χ0n) is 6.89. The predicted octanol–water partition coefficient (Wildman–Crippen LogP) is 3.50. The molecule has 0 heterocycles. The number of rotatable bonds is 1. The second kappa shape index (κ2) is 5.15. The van der Waals surface area contributed by atoms with Crippen LogP contribution in [0.2, 0.25) is 19.6 Å². The van der Waals surface area contributed by atoms with Gasteiger partial charge in [0.2, 0.25) is 0 Å². The molecule has 0 aliphatic rings. The van der Waals surface area contributed by atoms with Crippen molar-refractivity contribution >= 4 is 13.3 Å². The van der Waals surface area contributed by atoms with Gasteiger partial charge < -0.3 is 0 Å². The highest BCUT2D eigenvalue weighted by atomic mass is 28.3. The topological polar surface area (TPSA) is 0 Å². The highest BCUT2D eigenvalue weighted by molar-refractivity contribution is 6.88. The summed E-state index contributed by atoms with van der Waals surface area (Å²) in [5.74, 6) is 0. The van der Waals surface area contributed by atoms with Crippen molar-refractivity contribution in [1.29, 1.82) is 0 Å². The van der Waals surface area contributed by atoms with Gasteiger partial charge in [0.25, 0.3) is 0 Å². The summed E-state index contributed by atoms with van der Waals surface area (Å²) in [7, 11) is -1.03. The first-order chi connectivity index (χ1) is 4.61. The van der Waals surface area contributed by atoms with Crippen molar-refractivity contribution < 1.29 is 0 Å². The predicted molar refractivity (Wildman–Crippen MR) is 62.9 cm³/mol. The van der Waals surface area contributed by atoms with Crippen LogP contribution in [0.3, 0.4) is 0 Å². The van der Waals surface area contributed by atoms with E-state index in [1.165, 1.54) is 5.19 Å². The molecule has 0 amide bonds. The van der Waals surface area contributed by atoms with Gasteiger partial charge >= 0.3 is 0 Å². The number of hydrogen-bond donors (Lipinski definition) is 0. The van der Waals surface area contributed by atoms with Crippen LogP contribution in [0, 0.1) is 0 Å². The van der Waals surface area contributed by atoms with E-state index in [-0.39, 0.29) is 14.9 Å². The normalized spacial score (nSPS) is 9.58. The first-order valence-corrected chi connectivity index (χ1v) is 7.16. The molecule has 0 saturated heterocycles. The Labute approximate surface area is 78.6 Å². The molecule has 0 spiro atoms. The first kappa shape index (κ1) is 14.0. The Balaban J connectivity index is 0. The fourth-order valence-electron chi connectivity index (χ4n) is 0.938. The second-order valence-electron chi connectivity index (χ2n) is 3.62. The molecule has 0 saturated carbocycles. The van der Waals surface area contributed by atoms with E-state index in [2.05, 4.69) is 50.0 Å². The second-order valence-corrected chi connectivity index (χ2v) is 8.69. The highest BCUT2D eigenvalue weighted by Gasteiger charge is 2.14. The molecule has 1 heteroatoms. The van der Waals surface area contributed by atoms with Crippen LogP contribution in [0.25, 0.3) is 0 Å². The molecule has 0 bridgehead atoms. The smallest absolute Gasteiger partial charge is 0.0775 e. The minimum atomic E-state index is -1.03. The van der Waals surface area contributed by atoms with Gasteiger partial charge in [-0.25, -0.2) is 0 Å². The Morgan fingerprint density at radius 3 is 1.50 bits per heavy atom. The van der Waals surface area contributed by atoms with Crippen molar-refractivity contribution in [1.82, 2.24) is 0 Å². The highest BCUT2D eigenvalue weighted by Crippen LogP contribution is 2.00. The van der Waals surface area contributed by atoms with Gasteiger partial charge in [-0.2, -0.15) is 0 Å². The largest absolute Gasteiger partial charge is 0.0776 e. The molecule has 70 valence electrons. The Morgan fingerprint density at radius 2 is 1.25 bits per heavy atom. The van der Waals surface area contributed by atoms with Gasteiger partial charge in [0.05, 0.1) is 8.07 Å². The molecule has 1 rings (SSSR count). The molecular formula is C11H22Si. The molecule has 0 atom stereocenters. The molecule has 0 aliphatic heterocycles. The van der Waals surface area contributed by atoms with E-state index >= 15 is 0 Å². The van der Waals surface area contributed by atoms with Gasteiger partial charge in [-0.3, -0.25) is 0 Å². The maximum absolute atomic E-state index is 2.36. The van der Waals surface area contributed by atoms with E-state index in [0.29, 0.717) is 0 Å². The van der Waals surface area contributed by atoms with Gasteiger partial charge in [0.15, 0.2) is 0 Å². The molecule has 0 unspecified atom stereocenters. The standard InChI is InChI=1S/C9H14Si.2CH4/c1-10(2,3)9-7-5-4-6-8-9;;/h4-8H,1-3H3;2*1H4. The molecular weight excluding hydrogens is 160 g/mol. The van der Waals surface area contributed by atoms with Crippen LogP contribution in [-0.2, 0) is 0 Å². The summed E-state index contributed by atoms with van der Waals surface area (Å²) in [5, 5.41) is 1.54. The van der Waals surface area contributed by atoms with E-state index in [0.717, 1.165) is 0 Å².